The summed E-state index contributed by atoms with van der Waals surface area (Å²) in [6.07, 6.45) is 0. The fourth-order valence-electron chi connectivity index (χ4n) is 2.88. The first-order valence-corrected chi connectivity index (χ1v) is 9.34. The number of nitrogens with zero attached hydrogens (tertiary/aromatic N) is 3. The van der Waals surface area contributed by atoms with E-state index in [1.807, 2.05) is 4.90 Å². The lowest BCUT2D eigenvalue weighted by atomic mass is 10.1. The van der Waals surface area contributed by atoms with Crippen molar-refractivity contribution in [3.05, 3.63) is 64.0 Å². The quantitative estimate of drug-likeness (QED) is 0.334. The van der Waals surface area contributed by atoms with Gasteiger partial charge in [-0.1, -0.05) is 18.2 Å². The van der Waals surface area contributed by atoms with E-state index < -0.39 is 4.92 Å². The molecule has 1 saturated heterocycles. The largest absolute Gasteiger partial charge is 0.378 e. The van der Waals surface area contributed by atoms with Gasteiger partial charge in [0.05, 0.1) is 29.5 Å². The Kier molecular flexibility index (Phi) is 6.68. The lowest BCUT2D eigenvalue weighted by Gasteiger charge is -2.29. The molecule has 0 spiro atoms. The second-order valence-electron chi connectivity index (χ2n) is 6.30. The van der Waals surface area contributed by atoms with Crippen molar-refractivity contribution < 1.29 is 14.1 Å². The highest BCUT2D eigenvalue weighted by atomic mass is 32.1. The zero-order chi connectivity index (χ0) is 20.8. The van der Waals surface area contributed by atoms with Crippen LogP contribution in [0, 0.1) is 15.9 Å². The van der Waals surface area contributed by atoms with Crippen molar-refractivity contribution in [1.82, 2.24) is 5.43 Å². The Morgan fingerprint density at radius 3 is 2.69 bits per heavy atom. The second-order valence-corrected chi connectivity index (χ2v) is 6.71. The van der Waals surface area contributed by atoms with E-state index in [0.717, 1.165) is 0 Å². The van der Waals surface area contributed by atoms with Crippen LogP contribution in [-0.4, -0.2) is 42.1 Å². The van der Waals surface area contributed by atoms with Crippen molar-refractivity contribution in [2.24, 2.45) is 5.10 Å². The summed E-state index contributed by atoms with van der Waals surface area (Å²) in [5.41, 5.74) is 4.43. The summed E-state index contributed by atoms with van der Waals surface area (Å²) in [7, 11) is 0. The molecule has 0 atom stereocenters. The molecule has 1 fully saturated rings. The van der Waals surface area contributed by atoms with E-state index >= 15 is 0 Å². The first-order valence-electron chi connectivity index (χ1n) is 8.93. The topological polar surface area (TPSA) is 92.0 Å². The van der Waals surface area contributed by atoms with E-state index in [4.69, 9.17) is 17.0 Å². The molecule has 2 N–H and O–H groups in total. The SMILES string of the molecule is C/C(=N/NC(=S)Nc1ccccc1[N+](=O)[O-])c1ccc(N2CCOCC2)c(F)c1. The first-order chi connectivity index (χ1) is 14.0. The van der Waals surface area contributed by atoms with Crippen molar-refractivity contribution >= 4 is 40.1 Å². The van der Waals surface area contributed by atoms with Gasteiger partial charge in [0.15, 0.2) is 5.11 Å². The highest BCUT2D eigenvalue weighted by Gasteiger charge is 2.16. The van der Waals surface area contributed by atoms with Gasteiger partial charge in [-0.05, 0) is 37.3 Å². The molecule has 0 aromatic heterocycles. The molecule has 0 aliphatic carbocycles. The summed E-state index contributed by atoms with van der Waals surface area (Å²) >= 11 is 5.14. The third-order valence-corrected chi connectivity index (χ3v) is 4.58. The number of benzene rings is 2. The molecule has 1 aliphatic rings. The van der Waals surface area contributed by atoms with Crippen LogP contribution in [0.15, 0.2) is 47.6 Å². The first kappa shape index (κ1) is 20.6. The molecule has 1 heterocycles. The molecule has 1 aliphatic heterocycles. The molecular formula is C19H20FN5O3S. The van der Waals surface area contributed by atoms with Gasteiger partial charge in [0.25, 0.3) is 5.69 Å². The number of hydrogen-bond donors (Lipinski definition) is 2. The summed E-state index contributed by atoms with van der Waals surface area (Å²) in [5.74, 6) is -0.334. The molecule has 152 valence electrons. The van der Waals surface area contributed by atoms with E-state index in [-0.39, 0.29) is 22.3 Å². The number of morpholine rings is 1. The highest BCUT2D eigenvalue weighted by Crippen LogP contribution is 2.23. The molecule has 10 heteroatoms. The van der Waals surface area contributed by atoms with Gasteiger partial charge in [-0.15, -0.1) is 0 Å². The number of rotatable bonds is 5. The standard InChI is InChI=1S/C19H20FN5O3S/c1-13(14-6-7-17(15(20)12-14)24-8-10-28-11-9-24)22-23-19(29)21-16-4-2-3-5-18(16)25(26)27/h2-7,12H,8-11H2,1H3,(H2,21,23,29)/b22-13-. The molecular weight excluding hydrogens is 397 g/mol. The third kappa shape index (κ3) is 5.24. The van der Waals surface area contributed by atoms with Crippen LogP contribution >= 0.6 is 12.2 Å². The Morgan fingerprint density at radius 1 is 1.28 bits per heavy atom. The van der Waals surface area contributed by atoms with Crippen molar-refractivity contribution in [2.75, 3.05) is 36.5 Å². The summed E-state index contributed by atoms with van der Waals surface area (Å²) in [5, 5.41) is 18.0. The number of nitrogens with one attached hydrogen (secondary N) is 2. The van der Waals surface area contributed by atoms with Crippen LogP contribution in [0.5, 0.6) is 0 Å². The number of halogens is 1. The number of thiocarbonyl (C=S) groups is 1. The lowest BCUT2D eigenvalue weighted by Crippen LogP contribution is -2.36. The van der Waals surface area contributed by atoms with Gasteiger partial charge in [-0.2, -0.15) is 5.10 Å². The molecule has 2 aromatic carbocycles. The van der Waals surface area contributed by atoms with E-state index in [9.17, 15) is 14.5 Å². The van der Waals surface area contributed by atoms with Crippen LogP contribution < -0.4 is 15.6 Å². The van der Waals surface area contributed by atoms with Gasteiger partial charge in [-0.3, -0.25) is 15.5 Å². The van der Waals surface area contributed by atoms with Gasteiger partial charge in [0.1, 0.15) is 11.5 Å². The van der Waals surface area contributed by atoms with Crippen LogP contribution in [0.4, 0.5) is 21.5 Å². The molecule has 0 amide bonds. The Balaban J connectivity index is 1.66. The highest BCUT2D eigenvalue weighted by molar-refractivity contribution is 7.80. The molecule has 2 aromatic rings. The minimum Gasteiger partial charge on any atom is -0.378 e. The average Bonchev–Trinajstić information content (AvgIpc) is 2.72. The van der Waals surface area contributed by atoms with Crippen LogP contribution in [-0.2, 0) is 4.74 Å². The number of nitro benzene ring substituents is 1. The molecule has 29 heavy (non-hydrogen) atoms. The average molecular weight is 417 g/mol. The van der Waals surface area contributed by atoms with Gasteiger partial charge in [0.2, 0.25) is 0 Å². The van der Waals surface area contributed by atoms with Crippen molar-refractivity contribution in [3.8, 4) is 0 Å². The number of para-hydroxylation sites is 2. The predicted octanol–water partition coefficient (Wildman–Crippen LogP) is 3.28. The fourth-order valence-corrected chi connectivity index (χ4v) is 3.04. The van der Waals surface area contributed by atoms with E-state index in [0.29, 0.717) is 43.3 Å². The molecule has 0 bridgehead atoms. The van der Waals surface area contributed by atoms with Gasteiger partial charge < -0.3 is 15.0 Å². The number of nitro groups is 1. The normalized spacial score (nSPS) is 14.4. The van der Waals surface area contributed by atoms with Crippen LogP contribution in [0.25, 0.3) is 0 Å². The van der Waals surface area contributed by atoms with Gasteiger partial charge in [0, 0.05) is 24.7 Å². The minimum atomic E-state index is -0.502. The van der Waals surface area contributed by atoms with Crippen LogP contribution in [0.1, 0.15) is 12.5 Å². The number of ether oxygens (including phenoxy) is 1. The van der Waals surface area contributed by atoms with E-state index in [1.54, 1.807) is 37.3 Å². The van der Waals surface area contributed by atoms with Crippen LogP contribution in [0.2, 0.25) is 0 Å². The molecule has 8 nitrogen and oxygen atoms in total. The fraction of sp³-hybridized carbons (Fsp3) is 0.263. The third-order valence-electron chi connectivity index (χ3n) is 4.39. The minimum absolute atomic E-state index is 0.0871. The number of anilines is 2. The molecule has 3 rings (SSSR count). The molecule has 0 saturated carbocycles. The predicted molar refractivity (Wildman–Crippen MR) is 114 cm³/mol. The van der Waals surface area contributed by atoms with Crippen LogP contribution in [0.3, 0.4) is 0 Å². The summed E-state index contributed by atoms with van der Waals surface area (Å²) < 4.78 is 19.8. The summed E-state index contributed by atoms with van der Waals surface area (Å²) in [6, 6.07) is 11.1. The van der Waals surface area contributed by atoms with E-state index in [2.05, 4.69) is 15.8 Å². The van der Waals surface area contributed by atoms with Gasteiger partial charge in [-0.25, -0.2) is 4.39 Å². The maximum atomic E-state index is 14.5. The van der Waals surface area contributed by atoms with Gasteiger partial charge >= 0.3 is 0 Å². The lowest BCUT2D eigenvalue weighted by molar-refractivity contribution is -0.383. The maximum Gasteiger partial charge on any atom is 0.292 e. The van der Waals surface area contributed by atoms with Crippen molar-refractivity contribution in [3.63, 3.8) is 0 Å². The Hall–Kier alpha value is -3.11. The zero-order valence-electron chi connectivity index (χ0n) is 15.7. The zero-order valence-corrected chi connectivity index (χ0v) is 16.5. The monoisotopic (exact) mass is 417 g/mol. The van der Waals surface area contributed by atoms with Crippen molar-refractivity contribution in [1.29, 1.82) is 0 Å². The Labute approximate surface area is 172 Å². The Bertz CT molecular complexity index is 947. The summed E-state index contributed by atoms with van der Waals surface area (Å²) in [6.45, 7) is 4.17. The number of hydrazone groups is 1. The Morgan fingerprint density at radius 2 is 2.00 bits per heavy atom. The molecule has 0 unspecified atom stereocenters. The number of hydrogen-bond acceptors (Lipinski definition) is 6. The maximum absolute atomic E-state index is 14.5. The second kappa shape index (κ2) is 9.39. The van der Waals surface area contributed by atoms with E-state index in [1.165, 1.54) is 12.1 Å². The molecule has 0 radical (unpaired) electrons. The smallest absolute Gasteiger partial charge is 0.292 e. The summed E-state index contributed by atoms with van der Waals surface area (Å²) in [4.78, 5) is 12.5. The van der Waals surface area contributed by atoms with Crippen molar-refractivity contribution in [2.45, 2.75) is 6.92 Å².